The third-order valence-electron chi connectivity index (χ3n) is 3.36. The van der Waals surface area contributed by atoms with Crippen LogP contribution in [0.5, 0.6) is 0 Å². The van der Waals surface area contributed by atoms with Gasteiger partial charge in [-0.15, -0.1) is 11.8 Å². The standard InChI is InChI=1S/C17H21BrN2S/c1-3-8-20-16(10-13-9-14(18)12-19-11-13)15-6-4-5-7-17(15)21-2/h4-7,9,11-12,16,20H,3,8,10H2,1-2H3. The highest BCUT2D eigenvalue weighted by molar-refractivity contribution is 9.10. The number of aromatic nitrogens is 1. The van der Waals surface area contributed by atoms with E-state index in [1.165, 1.54) is 16.0 Å². The van der Waals surface area contributed by atoms with Crippen molar-refractivity contribution in [2.75, 3.05) is 12.8 Å². The molecule has 1 aromatic carbocycles. The van der Waals surface area contributed by atoms with Gasteiger partial charge in [-0.25, -0.2) is 0 Å². The minimum atomic E-state index is 0.324. The van der Waals surface area contributed by atoms with Gasteiger partial charge in [0.05, 0.1) is 0 Å². The molecule has 0 spiro atoms. The van der Waals surface area contributed by atoms with Crippen LogP contribution in [0.25, 0.3) is 0 Å². The van der Waals surface area contributed by atoms with Crippen LogP contribution in [0.4, 0.5) is 0 Å². The van der Waals surface area contributed by atoms with Crippen molar-refractivity contribution in [2.45, 2.75) is 30.7 Å². The molecule has 1 aromatic heterocycles. The van der Waals surface area contributed by atoms with Crippen LogP contribution in [0.1, 0.15) is 30.5 Å². The minimum absolute atomic E-state index is 0.324. The smallest absolute Gasteiger partial charge is 0.0410 e. The molecule has 1 N–H and O–H groups in total. The molecule has 0 saturated carbocycles. The molecule has 112 valence electrons. The molecule has 0 aliphatic carbocycles. The summed E-state index contributed by atoms with van der Waals surface area (Å²) < 4.78 is 1.03. The monoisotopic (exact) mass is 364 g/mol. The van der Waals surface area contributed by atoms with Crippen molar-refractivity contribution in [1.82, 2.24) is 10.3 Å². The second-order valence-electron chi connectivity index (χ2n) is 4.96. The van der Waals surface area contributed by atoms with E-state index < -0.39 is 0 Å². The fraction of sp³-hybridized carbons (Fsp3) is 0.353. The van der Waals surface area contributed by atoms with Gasteiger partial charge in [-0.05, 0) is 64.8 Å². The number of nitrogens with zero attached hydrogens (tertiary/aromatic N) is 1. The van der Waals surface area contributed by atoms with Gasteiger partial charge in [-0.2, -0.15) is 0 Å². The first-order valence-electron chi connectivity index (χ1n) is 7.20. The molecule has 0 amide bonds. The summed E-state index contributed by atoms with van der Waals surface area (Å²) in [5.41, 5.74) is 2.62. The first-order chi connectivity index (χ1) is 10.2. The molecule has 0 radical (unpaired) electrons. The predicted octanol–water partition coefficient (Wildman–Crippen LogP) is 4.85. The Morgan fingerprint density at radius 2 is 2.10 bits per heavy atom. The Morgan fingerprint density at radius 3 is 2.81 bits per heavy atom. The average molecular weight is 365 g/mol. The van der Waals surface area contributed by atoms with Crippen molar-refractivity contribution in [3.8, 4) is 0 Å². The average Bonchev–Trinajstić information content (AvgIpc) is 2.51. The normalized spacial score (nSPS) is 12.3. The van der Waals surface area contributed by atoms with Crippen LogP contribution >= 0.6 is 27.7 Å². The lowest BCUT2D eigenvalue weighted by molar-refractivity contribution is 0.522. The quantitative estimate of drug-likeness (QED) is 0.710. The molecular weight excluding hydrogens is 344 g/mol. The summed E-state index contributed by atoms with van der Waals surface area (Å²) in [5.74, 6) is 0. The molecule has 0 aliphatic heterocycles. The van der Waals surface area contributed by atoms with Crippen molar-refractivity contribution in [3.63, 3.8) is 0 Å². The van der Waals surface area contributed by atoms with E-state index in [1.54, 1.807) is 11.8 Å². The molecule has 1 unspecified atom stereocenters. The van der Waals surface area contributed by atoms with E-state index in [0.29, 0.717) is 6.04 Å². The maximum absolute atomic E-state index is 4.27. The third-order valence-corrected chi connectivity index (χ3v) is 4.60. The third kappa shape index (κ3) is 4.83. The van der Waals surface area contributed by atoms with Gasteiger partial charge < -0.3 is 5.32 Å². The van der Waals surface area contributed by atoms with Gasteiger partial charge in [-0.1, -0.05) is 25.1 Å². The summed E-state index contributed by atoms with van der Waals surface area (Å²) in [7, 11) is 0. The van der Waals surface area contributed by atoms with Crippen molar-refractivity contribution >= 4 is 27.7 Å². The molecule has 0 aliphatic rings. The first kappa shape index (κ1) is 16.5. The van der Waals surface area contributed by atoms with Crippen LogP contribution in [-0.2, 0) is 6.42 Å². The van der Waals surface area contributed by atoms with Gasteiger partial charge in [-0.3, -0.25) is 4.98 Å². The predicted molar refractivity (Wildman–Crippen MR) is 94.9 cm³/mol. The van der Waals surface area contributed by atoms with Crippen molar-refractivity contribution in [3.05, 3.63) is 58.3 Å². The molecule has 21 heavy (non-hydrogen) atoms. The molecule has 2 aromatic rings. The van der Waals surface area contributed by atoms with Crippen molar-refractivity contribution in [1.29, 1.82) is 0 Å². The Hall–Kier alpha value is -0.840. The van der Waals surface area contributed by atoms with E-state index in [0.717, 1.165) is 23.9 Å². The highest BCUT2D eigenvalue weighted by Crippen LogP contribution is 2.28. The van der Waals surface area contributed by atoms with Crippen LogP contribution in [0, 0.1) is 0 Å². The summed E-state index contributed by atoms with van der Waals surface area (Å²) in [4.78, 5) is 5.62. The van der Waals surface area contributed by atoms with Crippen molar-refractivity contribution in [2.24, 2.45) is 0 Å². The second kappa shape index (κ2) is 8.57. The number of hydrogen-bond acceptors (Lipinski definition) is 3. The fourth-order valence-corrected chi connectivity index (χ4v) is 3.44. The molecule has 1 atom stereocenters. The topological polar surface area (TPSA) is 24.9 Å². The number of benzene rings is 1. The minimum Gasteiger partial charge on any atom is -0.310 e. The number of rotatable bonds is 7. The lowest BCUT2D eigenvalue weighted by atomic mass is 9.99. The van der Waals surface area contributed by atoms with Crippen LogP contribution in [0.2, 0.25) is 0 Å². The maximum atomic E-state index is 4.27. The van der Waals surface area contributed by atoms with E-state index in [-0.39, 0.29) is 0 Å². The lowest BCUT2D eigenvalue weighted by Gasteiger charge is -2.21. The summed E-state index contributed by atoms with van der Waals surface area (Å²) in [6.07, 6.45) is 8.00. The molecule has 4 heteroatoms. The summed E-state index contributed by atoms with van der Waals surface area (Å²) in [6, 6.07) is 11.1. The Kier molecular flexibility index (Phi) is 6.74. The Labute approximate surface area is 139 Å². The number of hydrogen-bond donors (Lipinski definition) is 1. The zero-order valence-corrected chi connectivity index (χ0v) is 14.9. The van der Waals surface area contributed by atoms with Gasteiger partial charge in [0.1, 0.15) is 0 Å². The molecule has 2 nitrogen and oxygen atoms in total. The van der Waals surface area contributed by atoms with Crippen molar-refractivity contribution < 1.29 is 0 Å². The highest BCUT2D eigenvalue weighted by atomic mass is 79.9. The highest BCUT2D eigenvalue weighted by Gasteiger charge is 2.15. The number of pyridine rings is 1. The lowest BCUT2D eigenvalue weighted by Crippen LogP contribution is -2.24. The molecule has 1 heterocycles. The SMILES string of the molecule is CCCNC(Cc1cncc(Br)c1)c1ccccc1SC. The summed E-state index contributed by atoms with van der Waals surface area (Å²) in [5, 5.41) is 3.67. The molecular formula is C17H21BrN2S. The van der Waals surface area contributed by atoms with Crippen LogP contribution < -0.4 is 5.32 Å². The Balaban J connectivity index is 2.25. The van der Waals surface area contributed by atoms with E-state index >= 15 is 0 Å². The van der Waals surface area contributed by atoms with Crippen LogP contribution in [0.3, 0.4) is 0 Å². The maximum Gasteiger partial charge on any atom is 0.0410 e. The van der Waals surface area contributed by atoms with E-state index in [9.17, 15) is 0 Å². The van der Waals surface area contributed by atoms with Crippen LogP contribution in [0.15, 0.2) is 52.1 Å². The van der Waals surface area contributed by atoms with Gasteiger partial charge in [0.2, 0.25) is 0 Å². The van der Waals surface area contributed by atoms with Gasteiger partial charge in [0, 0.05) is 27.8 Å². The Morgan fingerprint density at radius 1 is 1.29 bits per heavy atom. The summed E-state index contributed by atoms with van der Waals surface area (Å²) >= 11 is 5.31. The van der Waals surface area contributed by atoms with Gasteiger partial charge >= 0.3 is 0 Å². The largest absolute Gasteiger partial charge is 0.310 e. The van der Waals surface area contributed by atoms with Crippen LogP contribution in [-0.4, -0.2) is 17.8 Å². The molecule has 2 rings (SSSR count). The van der Waals surface area contributed by atoms with Gasteiger partial charge in [0.15, 0.2) is 0 Å². The second-order valence-corrected chi connectivity index (χ2v) is 6.73. The number of halogens is 1. The Bertz CT molecular complexity index is 574. The fourth-order valence-electron chi connectivity index (χ4n) is 2.37. The van der Waals surface area contributed by atoms with Gasteiger partial charge in [0.25, 0.3) is 0 Å². The van der Waals surface area contributed by atoms with E-state index in [1.807, 2.05) is 12.4 Å². The zero-order valence-electron chi connectivity index (χ0n) is 12.5. The van der Waals surface area contributed by atoms with E-state index in [4.69, 9.17) is 0 Å². The number of nitrogens with one attached hydrogen (secondary N) is 1. The molecule has 0 saturated heterocycles. The summed E-state index contributed by atoms with van der Waals surface area (Å²) in [6.45, 7) is 3.22. The molecule has 0 fully saturated rings. The number of thioether (sulfide) groups is 1. The zero-order chi connectivity index (χ0) is 15.1. The molecule has 0 bridgehead atoms. The van der Waals surface area contributed by atoms with E-state index in [2.05, 4.69) is 69.7 Å². The first-order valence-corrected chi connectivity index (χ1v) is 9.22.